The zero-order valence-electron chi connectivity index (χ0n) is 5.52. The van der Waals surface area contributed by atoms with Crippen LogP contribution >= 0.6 is 22.9 Å². The Morgan fingerprint density at radius 3 is 2.44 bits per heavy atom. The van der Waals surface area contributed by atoms with Crippen LogP contribution in [-0.2, 0) is 0 Å². The molecule has 0 aromatic heterocycles. The molecule has 0 bridgehead atoms. The van der Waals surface area contributed by atoms with E-state index < -0.39 is 0 Å². The Kier molecular flexibility index (Phi) is 3.55. The topological polar surface area (TPSA) is 12.4 Å². The largest absolute Gasteiger partial charge is 0.227 e. The highest BCUT2D eigenvalue weighted by molar-refractivity contribution is 14.1. The maximum absolute atomic E-state index is 4.00. The Morgan fingerprint density at radius 1 is 1.22 bits per heavy atom. The van der Waals surface area contributed by atoms with Gasteiger partial charge < -0.3 is 0 Å². The summed E-state index contributed by atoms with van der Waals surface area (Å²) in [4.78, 5) is 0. The second kappa shape index (κ2) is 4.25. The fourth-order valence-corrected chi connectivity index (χ4v) is 1.82. The number of hydrogen-bond acceptors (Lipinski definition) is 1. The molecule has 1 rings (SSSR count). The number of hydrogen-bond donors (Lipinski definition) is 0. The molecule has 1 aliphatic rings. The van der Waals surface area contributed by atoms with Crippen LogP contribution in [0.4, 0.5) is 0 Å². The standard InChI is InChI=1S/C7H12IN/c8-9-6-7-4-2-1-3-5-7/h6-7H,1-5H2/b9-6+. The van der Waals surface area contributed by atoms with Crippen molar-refractivity contribution in [2.75, 3.05) is 0 Å². The Balaban J connectivity index is 2.23. The fraction of sp³-hybridized carbons (Fsp3) is 0.857. The predicted molar refractivity (Wildman–Crippen MR) is 49.1 cm³/mol. The van der Waals surface area contributed by atoms with Crippen molar-refractivity contribution in [3.63, 3.8) is 0 Å². The van der Waals surface area contributed by atoms with Crippen LogP contribution in [0.25, 0.3) is 0 Å². The van der Waals surface area contributed by atoms with Gasteiger partial charge in [0, 0.05) is 6.21 Å². The molecule has 0 radical (unpaired) electrons. The lowest BCUT2D eigenvalue weighted by Gasteiger charge is -2.16. The lowest BCUT2D eigenvalue weighted by Crippen LogP contribution is -2.06. The van der Waals surface area contributed by atoms with E-state index in [1.807, 2.05) is 0 Å². The van der Waals surface area contributed by atoms with Crippen LogP contribution in [0.2, 0.25) is 0 Å². The second-order valence-corrected chi connectivity index (χ2v) is 3.20. The van der Waals surface area contributed by atoms with Gasteiger partial charge in [-0.05, 0) is 18.8 Å². The van der Waals surface area contributed by atoms with Gasteiger partial charge in [0.15, 0.2) is 0 Å². The summed E-state index contributed by atoms with van der Waals surface area (Å²) in [6, 6.07) is 0. The minimum absolute atomic E-state index is 0.802. The van der Waals surface area contributed by atoms with Crippen LogP contribution < -0.4 is 0 Å². The Labute approximate surface area is 70.4 Å². The van der Waals surface area contributed by atoms with E-state index in [0.29, 0.717) is 0 Å². The van der Waals surface area contributed by atoms with Gasteiger partial charge in [-0.2, -0.15) is 0 Å². The molecule has 1 aliphatic carbocycles. The van der Waals surface area contributed by atoms with Crippen LogP contribution in [-0.4, -0.2) is 6.21 Å². The molecule has 0 aromatic carbocycles. The summed E-state index contributed by atoms with van der Waals surface area (Å²) in [6.07, 6.45) is 9.09. The zero-order chi connectivity index (χ0) is 6.53. The molecular formula is C7H12IN. The first kappa shape index (κ1) is 7.51. The van der Waals surface area contributed by atoms with Crippen molar-refractivity contribution in [3.05, 3.63) is 0 Å². The van der Waals surface area contributed by atoms with Gasteiger partial charge in [-0.3, -0.25) is 0 Å². The Morgan fingerprint density at radius 2 is 1.89 bits per heavy atom. The third kappa shape index (κ3) is 2.65. The summed E-state index contributed by atoms with van der Waals surface area (Å²) in [5, 5.41) is 0. The van der Waals surface area contributed by atoms with Crippen LogP contribution in [0.15, 0.2) is 3.21 Å². The Bertz CT molecular complexity index is 95.1. The summed E-state index contributed by atoms with van der Waals surface area (Å²) in [6.45, 7) is 0. The van der Waals surface area contributed by atoms with Crippen molar-refractivity contribution in [1.29, 1.82) is 0 Å². The van der Waals surface area contributed by atoms with Gasteiger partial charge in [-0.1, -0.05) is 19.3 Å². The maximum Gasteiger partial charge on any atom is 0.0827 e. The van der Waals surface area contributed by atoms with E-state index in [1.165, 1.54) is 32.1 Å². The van der Waals surface area contributed by atoms with Crippen molar-refractivity contribution in [2.24, 2.45) is 9.12 Å². The van der Waals surface area contributed by atoms with E-state index in [1.54, 1.807) is 0 Å². The molecule has 0 spiro atoms. The van der Waals surface area contributed by atoms with E-state index in [2.05, 4.69) is 32.3 Å². The molecule has 0 unspecified atom stereocenters. The monoisotopic (exact) mass is 237 g/mol. The van der Waals surface area contributed by atoms with Gasteiger partial charge in [0.05, 0.1) is 22.9 Å². The van der Waals surface area contributed by atoms with Crippen LogP contribution in [0.3, 0.4) is 0 Å². The minimum Gasteiger partial charge on any atom is -0.227 e. The van der Waals surface area contributed by atoms with E-state index in [-0.39, 0.29) is 0 Å². The summed E-state index contributed by atoms with van der Waals surface area (Å²) in [7, 11) is 0. The fourth-order valence-electron chi connectivity index (χ4n) is 1.36. The highest BCUT2D eigenvalue weighted by atomic mass is 127. The molecule has 0 heterocycles. The van der Waals surface area contributed by atoms with E-state index in [4.69, 9.17) is 0 Å². The molecule has 0 atom stereocenters. The summed E-state index contributed by atoms with van der Waals surface area (Å²) in [5.41, 5.74) is 0. The molecule has 9 heavy (non-hydrogen) atoms. The van der Waals surface area contributed by atoms with Gasteiger partial charge in [0.25, 0.3) is 0 Å². The summed E-state index contributed by atoms with van der Waals surface area (Å²) < 4.78 is 4.00. The molecule has 1 fully saturated rings. The number of nitrogens with zero attached hydrogens (tertiary/aromatic N) is 1. The van der Waals surface area contributed by atoms with Crippen molar-refractivity contribution in [2.45, 2.75) is 32.1 Å². The number of halogens is 1. The summed E-state index contributed by atoms with van der Waals surface area (Å²) >= 11 is 2.06. The first-order valence-electron chi connectivity index (χ1n) is 3.58. The molecule has 2 heteroatoms. The minimum atomic E-state index is 0.802. The van der Waals surface area contributed by atoms with Crippen LogP contribution in [0.1, 0.15) is 32.1 Å². The first-order valence-corrected chi connectivity index (χ1v) is 4.54. The van der Waals surface area contributed by atoms with Gasteiger partial charge in [0.2, 0.25) is 0 Å². The quantitative estimate of drug-likeness (QED) is 0.491. The molecule has 0 saturated heterocycles. The second-order valence-electron chi connectivity index (χ2n) is 2.64. The molecular weight excluding hydrogens is 225 g/mol. The summed E-state index contributed by atoms with van der Waals surface area (Å²) in [5.74, 6) is 0.802. The lowest BCUT2D eigenvalue weighted by molar-refractivity contribution is 0.445. The first-order chi connectivity index (χ1) is 4.43. The lowest BCUT2D eigenvalue weighted by atomic mass is 9.90. The molecule has 0 amide bonds. The van der Waals surface area contributed by atoms with Crippen LogP contribution in [0, 0.1) is 5.92 Å². The highest BCUT2D eigenvalue weighted by Crippen LogP contribution is 2.21. The third-order valence-electron chi connectivity index (χ3n) is 1.92. The average molecular weight is 237 g/mol. The van der Waals surface area contributed by atoms with Gasteiger partial charge in [-0.25, -0.2) is 3.21 Å². The normalized spacial score (nSPS) is 23.2. The number of rotatable bonds is 1. The molecule has 1 saturated carbocycles. The molecule has 52 valence electrons. The zero-order valence-corrected chi connectivity index (χ0v) is 7.67. The smallest absolute Gasteiger partial charge is 0.0827 e. The van der Waals surface area contributed by atoms with E-state index in [0.717, 1.165) is 5.92 Å². The van der Waals surface area contributed by atoms with Crippen molar-refractivity contribution >= 4 is 29.1 Å². The van der Waals surface area contributed by atoms with Gasteiger partial charge >= 0.3 is 0 Å². The molecule has 0 aliphatic heterocycles. The van der Waals surface area contributed by atoms with Crippen molar-refractivity contribution in [1.82, 2.24) is 0 Å². The Hall–Kier alpha value is 0.400. The molecule has 0 N–H and O–H groups in total. The predicted octanol–water partition coefficient (Wildman–Crippen LogP) is 2.99. The SMILES string of the molecule is I/N=C/C1CCCCC1. The van der Waals surface area contributed by atoms with Crippen LogP contribution in [0.5, 0.6) is 0 Å². The van der Waals surface area contributed by atoms with Gasteiger partial charge in [-0.15, -0.1) is 0 Å². The maximum atomic E-state index is 4.00. The third-order valence-corrected chi connectivity index (χ3v) is 2.24. The average Bonchev–Trinajstić information content (AvgIpc) is 1.91. The van der Waals surface area contributed by atoms with E-state index in [9.17, 15) is 0 Å². The molecule has 0 aromatic rings. The molecule has 1 nitrogen and oxygen atoms in total. The van der Waals surface area contributed by atoms with E-state index >= 15 is 0 Å². The van der Waals surface area contributed by atoms with Gasteiger partial charge in [0.1, 0.15) is 0 Å². The van der Waals surface area contributed by atoms with Crippen molar-refractivity contribution in [3.8, 4) is 0 Å². The highest BCUT2D eigenvalue weighted by Gasteiger charge is 2.09. The van der Waals surface area contributed by atoms with Crippen molar-refractivity contribution < 1.29 is 0 Å².